The molecule has 1 saturated carbocycles. The maximum atomic E-state index is 12.0. The van der Waals surface area contributed by atoms with Gasteiger partial charge in [-0.25, -0.2) is 9.78 Å². The third-order valence-electron chi connectivity index (χ3n) is 2.81. The van der Waals surface area contributed by atoms with Crippen LogP contribution < -0.4 is 5.69 Å². The minimum atomic E-state index is 0.105. The summed E-state index contributed by atoms with van der Waals surface area (Å²) in [5.74, 6) is 0. The van der Waals surface area contributed by atoms with Crippen LogP contribution in [0, 0.1) is 6.92 Å². The Balaban J connectivity index is 1.87. The van der Waals surface area contributed by atoms with E-state index in [1.807, 2.05) is 30.1 Å². The number of hydrogen-bond acceptors (Lipinski definition) is 3. The average molecular weight is 235 g/mol. The molecule has 84 valence electrons. The maximum absolute atomic E-state index is 12.0. The summed E-state index contributed by atoms with van der Waals surface area (Å²) in [5, 5.41) is 1.05. The fraction of sp³-hybridized carbons (Fsp3) is 0.455. The van der Waals surface area contributed by atoms with Crippen LogP contribution in [-0.4, -0.2) is 14.1 Å². The predicted octanol–water partition coefficient (Wildman–Crippen LogP) is 1.80. The molecule has 2 heterocycles. The van der Waals surface area contributed by atoms with Gasteiger partial charge in [0.05, 0.1) is 11.6 Å². The van der Waals surface area contributed by atoms with Crippen molar-refractivity contribution in [2.45, 2.75) is 32.4 Å². The van der Waals surface area contributed by atoms with E-state index in [1.54, 1.807) is 15.9 Å². The first-order chi connectivity index (χ1) is 7.74. The van der Waals surface area contributed by atoms with Gasteiger partial charge in [0.1, 0.15) is 0 Å². The molecule has 3 rings (SSSR count). The maximum Gasteiger partial charge on any atom is 0.328 e. The summed E-state index contributed by atoms with van der Waals surface area (Å²) in [4.78, 5) is 17.3. The van der Waals surface area contributed by atoms with Gasteiger partial charge in [0.2, 0.25) is 0 Å². The highest BCUT2D eigenvalue weighted by molar-refractivity contribution is 7.11. The van der Waals surface area contributed by atoms with Gasteiger partial charge in [-0.3, -0.25) is 9.13 Å². The van der Waals surface area contributed by atoms with Crippen molar-refractivity contribution in [2.24, 2.45) is 0 Å². The molecule has 0 amide bonds. The molecule has 0 bridgehead atoms. The smallest absolute Gasteiger partial charge is 0.296 e. The normalized spacial score (nSPS) is 15.6. The summed E-state index contributed by atoms with van der Waals surface area (Å²) >= 11 is 1.64. The topological polar surface area (TPSA) is 39.8 Å². The van der Waals surface area contributed by atoms with Gasteiger partial charge in [-0.15, -0.1) is 11.3 Å². The molecule has 0 aromatic carbocycles. The molecule has 0 saturated heterocycles. The van der Waals surface area contributed by atoms with Crippen LogP contribution in [-0.2, 0) is 6.54 Å². The summed E-state index contributed by atoms with van der Waals surface area (Å²) in [6.45, 7) is 2.62. The Morgan fingerprint density at radius 2 is 2.31 bits per heavy atom. The van der Waals surface area contributed by atoms with Crippen molar-refractivity contribution < 1.29 is 0 Å². The first kappa shape index (κ1) is 9.84. The Morgan fingerprint density at radius 3 is 2.94 bits per heavy atom. The third kappa shape index (κ3) is 1.71. The van der Waals surface area contributed by atoms with Gasteiger partial charge in [0.25, 0.3) is 0 Å². The van der Waals surface area contributed by atoms with E-state index in [-0.39, 0.29) is 5.69 Å². The molecule has 1 aliphatic carbocycles. The van der Waals surface area contributed by atoms with Gasteiger partial charge < -0.3 is 0 Å². The molecule has 0 aliphatic heterocycles. The van der Waals surface area contributed by atoms with Crippen LogP contribution in [0.3, 0.4) is 0 Å². The number of nitrogens with zero attached hydrogens (tertiary/aromatic N) is 3. The molecule has 1 fully saturated rings. The molecule has 2 aromatic heterocycles. The van der Waals surface area contributed by atoms with Crippen LogP contribution in [0.25, 0.3) is 0 Å². The van der Waals surface area contributed by atoms with E-state index >= 15 is 0 Å². The fourth-order valence-electron chi connectivity index (χ4n) is 1.83. The lowest BCUT2D eigenvalue weighted by molar-refractivity contribution is 0.658. The predicted molar refractivity (Wildman–Crippen MR) is 62.9 cm³/mol. The molecule has 0 unspecified atom stereocenters. The van der Waals surface area contributed by atoms with Crippen molar-refractivity contribution >= 4 is 11.3 Å². The lowest BCUT2D eigenvalue weighted by atomic mass is 10.5. The minimum Gasteiger partial charge on any atom is -0.296 e. The third-order valence-corrected chi connectivity index (χ3v) is 3.71. The van der Waals surface area contributed by atoms with Gasteiger partial charge in [-0.1, -0.05) is 0 Å². The minimum absolute atomic E-state index is 0.105. The van der Waals surface area contributed by atoms with E-state index in [4.69, 9.17) is 0 Å². The van der Waals surface area contributed by atoms with E-state index in [0.29, 0.717) is 12.6 Å². The van der Waals surface area contributed by atoms with Crippen molar-refractivity contribution in [1.29, 1.82) is 0 Å². The highest BCUT2D eigenvalue weighted by atomic mass is 32.1. The zero-order valence-corrected chi connectivity index (χ0v) is 9.91. The molecular formula is C11H13N3OS. The Labute approximate surface area is 97.2 Å². The Bertz CT molecular complexity index is 562. The Kier molecular flexibility index (Phi) is 2.21. The summed E-state index contributed by atoms with van der Waals surface area (Å²) < 4.78 is 3.60. The lowest BCUT2D eigenvalue weighted by Crippen LogP contribution is -2.23. The van der Waals surface area contributed by atoms with E-state index in [2.05, 4.69) is 4.98 Å². The molecule has 1 aliphatic rings. The highest BCUT2D eigenvalue weighted by Crippen LogP contribution is 2.33. The Morgan fingerprint density at radius 1 is 1.50 bits per heavy atom. The van der Waals surface area contributed by atoms with Crippen molar-refractivity contribution in [1.82, 2.24) is 14.1 Å². The SMILES string of the molecule is Cc1ncc(Cn2ccn(C3CC3)c2=O)s1. The average Bonchev–Trinajstić information content (AvgIpc) is 2.93. The van der Waals surface area contributed by atoms with Crippen LogP contribution in [0.1, 0.15) is 28.8 Å². The first-order valence-corrected chi connectivity index (χ1v) is 6.24. The molecular weight excluding hydrogens is 222 g/mol. The van der Waals surface area contributed by atoms with Crippen LogP contribution in [0.2, 0.25) is 0 Å². The second-order valence-corrected chi connectivity index (χ2v) is 5.51. The van der Waals surface area contributed by atoms with Crippen molar-refractivity contribution in [3.63, 3.8) is 0 Å². The van der Waals surface area contributed by atoms with Gasteiger partial charge in [0.15, 0.2) is 0 Å². The summed E-state index contributed by atoms with van der Waals surface area (Å²) in [5.41, 5.74) is 0.105. The first-order valence-electron chi connectivity index (χ1n) is 5.42. The molecule has 5 heteroatoms. The summed E-state index contributed by atoms with van der Waals surface area (Å²) in [6.07, 6.45) is 7.90. The van der Waals surface area contributed by atoms with Gasteiger partial charge in [0, 0.05) is 29.5 Å². The summed E-state index contributed by atoms with van der Waals surface area (Å²) in [7, 11) is 0. The van der Waals surface area contributed by atoms with E-state index in [1.165, 1.54) is 0 Å². The van der Waals surface area contributed by atoms with Gasteiger partial charge in [-0.05, 0) is 19.8 Å². The molecule has 0 spiro atoms. The number of aryl methyl sites for hydroxylation is 1. The van der Waals surface area contributed by atoms with E-state index in [0.717, 1.165) is 22.7 Å². The molecule has 0 radical (unpaired) electrons. The van der Waals surface area contributed by atoms with Crippen molar-refractivity contribution in [2.75, 3.05) is 0 Å². The monoisotopic (exact) mass is 235 g/mol. The fourth-order valence-corrected chi connectivity index (χ4v) is 2.62. The van der Waals surface area contributed by atoms with E-state index in [9.17, 15) is 4.79 Å². The van der Waals surface area contributed by atoms with E-state index < -0.39 is 0 Å². The standard InChI is InChI=1S/C11H13N3OS/c1-8-12-6-10(16-8)7-13-4-5-14(11(13)15)9-2-3-9/h4-6,9H,2-3,7H2,1H3. The lowest BCUT2D eigenvalue weighted by Gasteiger charge is -1.98. The molecule has 0 N–H and O–H groups in total. The van der Waals surface area contributed by atoms with Crippen LogP contribution in [0.4, 0.5) is 0 Å². The van der Waals surface area contributed by atoms with Crippen molar-refractivity contribution in [3.05, 3.63) is 39.0 Å². The van der Waals surface area contributed by atoms with Crippen LogP contribution >= 0.6 is 11.3 Å². The molecule has 4 nitrogen and oxygen atoms in total. The van der Waals surface area contributed by atoms with Gasteiger partial charge in [-0.2, -0.15) is 0 Å². The number of rotatable bonds is 3. The zero-order chi connectivity index (χ0) is 11.1. The number of hydrogen-bond donors (Lipinski definition) is 0. The number of aromatic nitrogens is 3. The second-order valence-electron chi connectivity index (χ2n) is 4.19. The molecule has 16 heavy (non-hydrogen) atoms. The van der Waals surface area contributed by atoms with Crippen molar-refractivity contribution in [3.8, 4) is 0 Å². The number of thiazole rings is 1. The Hall–Kier alpha value is -1.36. The van der Waals surface area contributed by atoms with Crippen LogP contribution in [0.5, 0.6) is 0 Å². The largest absolute Gasteiger partial charge is 0.328 e. The van der Waals surface area contributed by atoms with Crippen LogP contribution in [0.15, 0.2) is 23.4 Å². The van der Waals surface area contributed by atoms with Gasteiger partial charge >= 0.3 is 5.69 Å². The zero-order valence-electron chi connectivity index (χ0n) is 9.09. The quantitative estimate of drug-likeness (QED) is 0.813. The molecule has 2 aromatic rings. The summed E-state index contributed by atoms with van der Waals surface area (Å²) in [6, 6.07) is 0.456. The molecule has 0 atom stereocenters. The number of imidazole rings is 1. The second kappa shape index (κ2) is 3.59. The highest BCUT2D eigenvalue weighted by Gasteiger charge is 2.25.